The quantitative estimate of drug-likeness (QED) is 0.293. The predicted molar refractivity (Wildman–Crippen MR) is 151 cm³/mol. The van der Waals surface area contributed by atoms with Crippen LogP contribution in [0.2, 0.25) is 0 Å². The Balaban J connectivity index is 1.21. The molecule has 2 unspecified atom stereocenters. The van der Waals surface area contributed by atoms with Gasteiger partial charge in [-0.3, -0.25) is 0 Å². The highest BCUT2D eigenvalue weighted by Gasteiger charge is 2.57. The van der Waals surface area contributed by atoms with Gasteiger partial charge in [0.05, 0.1) is 12.7 Å². The van der Waals surface area contributed by atoms with Crippen molar-refractivity contribution in [2.24, 2.45) is 23.2 Å². The third kappa shape index (κ3) is 4.77. The molecule has 3 aromatic rings. The topological polar surface area (TPSA) is 18.5 Å². The van der Waals surface area contributed by atoms with Gasteiger partial charge in [-0.25, -0.2) is 0 Å². The molecule has 2 nitrogen and oxygen atoms in total. The van der Waals surface area contributed by atoms with Gasteiger partial charge in [0, 0.05) is 0 Å². The first-order chi connectivity index (χ1) is 18.2. The smallest absolute Gasteiger partial charge is 0.120 e. The molecule has 2 saturated carbocycles. The Morgan fingerprint density at radius 3 is 2.35 bits per heavy atom. The number of benzene rings is 3. The minimum Gasteiger partial charge on any atom is -0.489 e. The Morgan fingerprint density at radius 1 is 0.892 bits per heavy atom. The van der Waals surface area contributed by atoms with Gasteiger partial charge in [-0.05, 0) is 102 Å². The van der Waals surface area contributed by atoms with Crippen LogP contribution in [0.4, 0.5) is 0 Å². The van der Waals surface area contributed by atoms with Gasteiger partial charge in [0.15, 0.2) is 0 Å². The lowest BCUT2D eigenvalue weighted by Gasteiger charge is -2.54. The van der Waals surface area contributed by atoms with Gasteiger partial charge in [-0.2, -0.15) is 0 Å². The standard InChI is InChI=1S/C35H40O2/c1-3-10-28-22-35(2)32(19-20-33(35)37-24-26-13-8-5-9-14-26)31-17-15-27-21-29(16-18-30(27)34(28)31)36-23-25-11-6-4-7-12-25/h3-9,11-14,16,18,21,28,31-34H,1,10,15,17,19-20,22-24H2,2H3/t28?,31-,32-,33?,34+,35-/m0/s1. The molecule has 192 valence electrons. The molecule has 0 amide bonds. The van der Waals surface area contributed by atoms with E-state index in [1.54, 1.807) is 5.56 Å². The number of hydrogen-bond acceptors (Lipinski definition) is 2. The first-order valence-electron chi connectivity index (χ1n) is 14.2. The maximum absolute atomic E-state index is 6.67. The average Bonchev–Trinajstić information content (AvgIpc) is 3.27. The maximum atomic E-state index is 6.67. The molecule has 0 saturated heterocycles. The fourth-order valence-electron chi connectivity index (χ4n) is 8.14. The third-order valence-electron chi connectivity index (χ3n) is 9.74. The van der Waals surface area contributed by atoms with Gasteiger partial charge in [0.1, 0.15) is 12.4 Å². The van der Waals surface area contributed by atoms with E-state index in [1.165, 1.54) is 42.4 Å². The largest absolute Gasteiger partial charge is 0.489 e. The number of ether oxygens (including phenoxy) is 2. The van der Waals surface area contributed by atoms with Gasteiger partial charge in [0.25, 0.3) is 0 Å². The number of rotatable bonds is 8. The van der Waals surface area contributed by atoms with Gasteiger partial charge in [0.2, 0.25) is 0 Å². The molecule has 0 aliphatic heterocycles. The molecule has 3 aliphatic rings. The molecule has 0 spiro atoms. The van der Waals surface area contributed by atoms with Crippen LogP contribution < -0.4 is 4.74 Å². The van der Waals surface area contributed by atoms with E-state index >= 15 is 0 Å². The molecule has 2 heteroatoms. The van der Waals surface area contributed by atoms with E-state index in [0.717, 1.165) is 37.0 Å². The fourth-order valence-corrected chi connectivity index (χ4v) is 8.14. The summed E-state index contributed by atoms with van der Waals surface area (Å²) < 4.78 is 12.9. The van der Waals surface area contributed by atoms with E-state index in [9.17, 15) is 0 Å². The Labute approximate surface area is 222 Å². The van der Waals surface area contributed by atoms with Crippen molar-refractivity contribution in [1.29, 1.82) is 0 Å². The third-order valence-corrected chi connectivity index (χ3v) is 9.74. The fraction of sp³-hybridized carbons (Fsp3) is 0.429. The molecule has 6 atom stereocenters. The SMILES string of the molecule is C=CCC1C[C@]2(C)C(OCc3ccccc3)CC[C@H]2[C@@H]2CCc3cc(OCc4ccccc4)ccc3[C@@H]12. The molecule has 6 rings (SSSR count). The summed E-state index contributed by atoms with van der Waals surface area (Å²) in [5.41, 5.74) is 5.82. The zero-order valence-electron chi connectivity index (χ0n) is 22.2. The zero-order valence-corrected chi connectivity index (χ0v) is 22.2. The summed E-state index contributed by atoms with van der Waals surface area (Å²) in [6.45, 7) is 8.06. The maximum Gasteiger partial charge on any atom is 0.120 e. The Hall–Kier alpha value is -2.84. The lowest BCUT2D eigenvalue weighted by Crippen LogP contribution is -2.48. The Kier molecular flexibility index (Phi) is 6.95. The lowest BCUT2D eigenvalue weighted by molar-refractivity contribution is -0.0861. The van der Waals surface area contributed by atoms with Crippen LogP contribution in [0, 0.1) is 23.2 Å². The summed E-state index contributed by atoms with van der Waals surface area (Å²) in [5, 5.41) is 0. The van der Waals surface area contributed by atoms with E-state index in [-0.39, 0.29) is 5.41 Å². The molecule has 0 bridgehead atoms. The second-order valence-electron chi connectivity index (χ2n) is 11.8. The summed E-state index contributed by atoms with van der Waals surface area (Å²) in [6, 6.07) is 28.0. The summed E-state index contributed by atoms with van der Waals surface area (Å²) in [6.07, 6.45) is 9.74. The molecule has 37 heavy (non-hydrogen) atoms. The van der Waals surface area contributed by atoms with Gasteiger partial charge in [-0.15, -0.1) is 6.58 Å². The molecule has 0 aromatic heterocycles. The van der Waals surface area contributed by atoms with Crippen molar-refractivity contribution in [2.75, 3.05) is 0 Å². The molecular weight excluding hydrogens is 452 g/mol. The molecule has 3 aromatic carbocycles. The monoisotopic (exact) mass is 492 g/mol. The van der Waals surface area contributed by atoms with Gasteiger partial charge < -0.3 is 9.47 Å². The number of allylic oxidation sites excluding steroid dienone is 1. The van der Waals surface area contributed by atoms with Crippen molar-refractivity contribution in [2.45, 2.75) is 70.7 Å². The highest BCUT2D eigenvalue weighted by molar-refractivity contribution is 5.41. The molecular formula is C35H40O2. The summed E-state index contributed by atoms with van der Waals surface area (Å²) >= 11 is 0. The van der Waals surface area contributed by atoms with Crippen LogP contribution in [0.5, 0.6) is 5.75 Å². The second kappa shape index (κ2) is 10.5. The van der Waals surface area contributed by atoms with Crippen LogP contribution in [0.15, 0.2) is 91.5 Å². The average molecular weight is 493 g/mol. The van der Waals surface area contributed by atoms with E-state index in [1.807, 2.05) is 0 Å². The van der Waals surface area contributed by atoms with Crippen molar-refractivity contribution >= 4 is 0 Å². The Bertz CT molecular complexity index is 1200. The van der Waals surface area contributed by atoms with Crippen LogP contribution in [0.3, 0.4) is 0 Å². The zero-order chi connectivity index (χ0) is 25.2. The minimum absolute atomic E-state index is 0.250. The van der Waals surface area contributed by atoms with Gasteiger partial charge >= 0.3 is 0 Å². The number of aryl methyl sites for hydroxylation is 1. The van der Waals surface area contributed by atoms with E-state index in [0.29, 0.717) is 24.5 Å². The van der Waals surface area contributed by atoms with Crippen molar-refractivity contribution in [3.05, 3.63) is 114 Å². The lowest BCUT2D eigenvalue weighted by atomic mass is 9.51. The molecule has 0 N–H and O–H groups in total. The summed E-state index contributed by atoms with van der Waals surface area (Å²) in [4.78, 5) is 0. The molecule has 0 radical (unpaired) electrons. The van der Waals surface area contributed by atoms with Gasteiger partial charge in [-0.1, -0.05) is 79.7 Å². The number of hydrogen-bond donors (Lipinski definition) is 0. The predicted octanol–water partition coefficient (Wildman–Crippen LogP) is 8.51. The highest BCUT2D eigenvalue weighted by atomic mass is 16.5. The normalized spacial score (nSPS) is 30.1. The Morgan fingerprint density at radius 2 is 1.62 bits per heavy atom. The van der Waals surface area contributed by atoms with E-state index < -0.39 is 0 Å². The minimum atomic E-state index is 0.250. The van der Waals surface area contributed by atoms with Crippen LogP contribution in [-0.2, 0) is 24.4 Å². The first kappa shape index (κ1) is 24.5. The van der Waals surface area contributed by atoms with Crippen LogP contribution in [0.25, 0.3) is 0 Å². The molecule has 3 aliphatic carbocycles. The van der Waals surface area contributed by atoms with Crippen molar-refractivity contribution < 1.29 is 9.47 Å². The molecule has 0 heterocycles. The van der Waals surface area contributed by atoms with Crippen molar-refractivity contribution in [1.82, 2.24) is 0 Å². The van der Waals surface area contributed by atoms with Crippen LogP contribution in [-0.4, -0.2) is 6.10 Å². The summed E-state index contributed by atoms with van der Waals surface area (Å²) in [7, 11) is 0. The van der Waals surface area contributed by atoms with Crippen LogP contribution in [0.1, 0.15) is 67.2 Å². The van der Waals surface area contributed by atoms with Crippen molar-refractivity contribution in [3.8, 4) is 5.75 Å². The van der Waals surface area contributed by atoms with Crippen LogP contribution >= 0.6 is 0 Å². The summed E-state index contributed by atoms with van der Waals surface area (Å²) in [5.74, 6) is 3.71. The highest BCUT2D eigenvalue weighted by Crippen LogP contribution is 2.64. The second-order valence-corrected chi connectivity index (χ2v) is 11.8. The van der Waals surface area contributed by atoms with E-state index in [2.05, 4.69) is 98.4 Å². The molecule has 2 fully saturated rings. The number of fused-ring (bicyclic) bond motifs is 5. The first-order valence-corrected chi connectivity index (χ1v) is 14.2. The van der Waals surface area contributed by atoms with E-state index in [4.69, 9.17) is 9.47 Å². The van der Waals surface area contributed by atoms with Crippen molar-refractivity contribution in [3.63, 3.8) is 0 Å².